The Bertz CT molecular complexity index is 1170. The summed E-state index contributed by atoms with van der Waals surface area (Å²) in [4.78, 5) is 36.5. The Morgan fingerprint density at radius 2 is 2.03 bits per heavy atom. The summed E-state index contributed by atoms with van der Waals surface area (Å²) in [6, 6.07) is 9.38. The number of nitrogens with one attached hydrogen (secondary N) is 2. The summed E-state index contributed by atoms with van der Waals surface area (Å²) in [5.41, 5.74) is 1.92. The highest BCUT2D eigenvalue weighted by molar-refractivity contribution is 6.07. The number of nitroso groups, excluding NO2 is 1. The molecule has 11 nitrogen and oxygen atoms in total. The van der Waals surface area contributed by atoms with Crippen LogP contribution in [0.15, 0.2) is 53.9 Å². The highest BCUT2D eigenvalue weighted by atomic mass is 16.5. The van der Waals surface area contributed by atoms with E-state index in [0.717, 1.165) is 10.7 Å². The summed E-state index contributed by atoms with van der Waals surface area (Å²) in [5.74, 6) is 11.6. The number of ether oxygens (including phenoxy) is 1. The van der Waals surface area contributed by atoms with Crippen LogP contribution in [0.3, 0.4) is 0 Å². The number of rotatable bonds is 6. The average Bonchev–Trinajstić information content (AvgIpc) is 3.11. The number of hydrazine groups is 1. The van der Waals surface area contributed by atoms with Crippen molar-refractivity contribution in [3.05, 3.63) is 70.5 Å². The van der Waals surface area contributed by atoms with Crippen molar-refractivity contribution in [3.63, 3.8) is 0 Å². The quantitative estimate of drug-likeness (QED) is 0.224. The molecule has 1 amide bonds. The van der Waals surface area contributed by atoms with Gasteiger partial charge in [-0.2, -0.15) is 0 Å². The number of amides is 1. The highest BCUT2D eigenvalue weighted by Crippen LogP contribution is 2.38. The molecule has 0 aliphatic carbocycles. The van der Waals surface area contributed by atoms with Crippen LogP contribution in [0.5, 0.6) is 0 Å². The van der Waals surface area contributed by atoms with Crippen molar-refractivity contribution in [2.45, 2.75) is 32.2 Å². The van der Waals surface area contributed by atoms with Crippen molar-refractivity contribution in [2.24, 2.45) is 11.0 Å². The summed E-state index contributed by atoms with van der Waals surface area (Å²) in [5, 5.41) is 10.1. The fraction of sp³-hybridized carbons (Fsp3) is 0.273. The van der Waals surface area contributed by atoms with E-state index in [1.165, 1.54) is 18.5 Å². The first-order valence-electron chi connectivity index (χ1n) is 10.3. The molecule has 1 unspecified atom stereocenters. The van der Waals surface area contributed by atoms with Gasteiger partial charge in [0.1, 0.15) is 12.8 Å². The number of para-hydroxylation sites is 1. The molecule has 2 aromatic rings. The third kappa shape index (κ3) is 3.99. The van der Waals surface area contributed by atoms with Crippen LogP contribution in [-0.2, 0) is 16.1 Å². The molecular weight excluding hydrogens is 426 g/mol. The Hall–Kier alpha value is -3.96. The Kier molecular flexibility index (Phi) is 5.75. The molecule has 1 aromatic carbocycles. The fourth-order valence-electron chi connectivity index (χ4n) is 3.77. The van der Waals surface area contributed by atoms with Gasteiger partial charge in [-0.25, -0.2) is 5.84 Å². The number of benzene rings is 1. The SMILES string of the molecule is CC(C)(N=O)C(=O)N(N)C1C=C(c2c(Nc3ccccc3)c3c(n2N)COCC3=O)C=CN1. The fourth-order valence-corrected chi connectivity index (χ4v) is 3.77. The second-order valence-electron chi connectivity index (χ2n) is 8.25. The molecule has 1 atom stereocenters. The zero-order valence-corrected chi connectivity index (χ0v) is 18.2. The van der Waals surface area contributed by atoms with E-state index in [2.05, 4.69) is 15.8 Å². The molecular formula is C22H25N7O4. The normalized spacial score (nSPS) is 17.6. The number of hydrogen-bond acceptors (Lipinski definition) is 9. The van der Waals surface area contributed by atoms with Gasteiger partial charge >= 0.3 is 0 Å². The molecule has 4 rings (SSSR count). The zero-order valence-electron chi connectivity index (χ0n) is 18.2. The third-order valence-corrected chi connectivity index (χ3v) is 5.53. The second-order valence-corrected chi connectivity index (χ2v) is 8.25. The van der Waals surface area contributed by atoms with Crippen LogP contribution < -0.4 is 22.3 Å². The summed E-state index contributed by atoms with van der Waals surface area (Å²) in [7, 11) is 0. The van der Waals surface area contributed by atoms with Gasteiger partial charge < -0.3 is 21.2 Å². The van der Waals surface area contributed by atoms with Gasteiger partial charge in [0, 0.05) is 11.3 Å². The topological polar surface area (TPSA) is 157 Å². The van der Waals surface area contributed by atoms with E-state index in [-0.39, 0.29) is 19.0 Å². The molecule has 3 heterocycles. The largest absolute Gasteiger partial charge is 0.367 e. The van der Waals surface area contributed by atoms with Crippen molar-refractivity contribution >= 4 is 28.6 Å². The van der Waals surface area contributed by atoms with E-state index in [9.17, 15) is 14.5 Å². The molecule has 0 spiro atoms. The van der Waals surface area contributed by atoms with E-state index in [0.29, 0.717) is 28.2 Å². The van der Waals surface area contributed by atoms with Crippen LogP contribution in [0.25, 0.3) is 5.57 Å². The lowest BCUT2D eigenvalue weighted by Crippen LogP contribution is -2.56. The predicted octanol–water partition coefficient (Wildman–Crippen LogP) is 1.73. The summed E-state index contributed by atoms with van der Waals surface area (Å²) < 4.78 is 6.81. The maximum absolute atomic E-state index is 12.8. The number of anilines is 2. The number of aromatic nitrogens is 1. The first-order chi connectivity index (χ1) is 15.7. The smallest absolute Gasteiger partial charge is 0.269 e. The Morgan fingerprint density at radius 1 is 1.30 bits per heavy atom. The van der Waals surface area contributed by atoms with Crippen molar-refractivity contribution in [3.8, 4) is 0 Å². The molecule has 11 heteroatoms. The monoisotopic (exact) mass is 451 g/mol. The van der Waals surface area contributed by atoms with Crippen LogP contribution in [0, 0.1) is 4.91 Å². The Balaban J connectivity index is 1.79. The molecule has 172 valence electrons. The van der Waals surface area contributed by atoms with Crippen molar-refractivity contribution < 1.29 is 14.3 Å². The predicted molar refractivity (Wildman–Crippen MR) is 123 cm³/mol. The first kappa shape index (κ1) is 22.2. The lowest BCUT2D eigenvalue weighted by atomic mass is 10.0. The van der Waals surface area contributed by atoms with Crippen LogP contribution >= 0.6 is 0 Å². The van der Waals surface area contributed by atoms with E-state index < -0.39 is 17.6 Å². The number of ketones is 1. The maximum Gasteiger partial charge on any atom is 0.269 e. The average molecular weight is 451 g/mol. The zero-order chi connectivity index (χ0) is 23.8. The van der Waals surface area contributed by atoms with Gasteiger partial charge in [-0.05, 0) is 44.3 Å². The Labute approximate surface area is 190 Å². The number of nitrogens with zero attached hydrogens (tertiary/aromatic N) is 3. The van der Waals surface area contributed by atoms with Gasteiger partial charge in [0.15, 0.2) is 11.3 Å². The molecule has 33 heavy (non-hydrogen) atoms. The third-order valence-electron chi connectivity index (χ3n) is 5.53. The van der Waals surface area contributed by atoms with E-state index in [4.69, 9.17) is 16.4 Å². The van der Waals surface area contributed by atoms with Crippen molar-refractivity contribution in [2.75, 3.05) is 17.8 Å². The molecule has 0 radical (unpaired) electrons. The van der Waals surface area contributed by atoms with Gasteiger partial charge in [0.05, 0.1) is 29.2 Å². The highest BCUT2D eigenvalue weighted by Gasteiger charge is 2.36. The molecule has 1 aromatic heterocycles. The number of hydrogen-bond donors (Lipinski definition) is 4. The second kappa shape index (κ2) is 8.52. The number of carbonyl (C=O) groups excluding carboxylic acids is 2. The molecule has 2 aliphatic rings. The lowest BCUT2D eigenvalue weighted by Gasteiger charge is -2.31. The van der Waals surface area contributed by atoms with Crippen LogP contribution in [-0.4, -0.2) is 39.7 Å². The van der Waals surface area contributed by atoms with Gasteiger partial charge in [0.2, 0.25) is 0 Å². The van der Waals surface area contributed by atoms with Crippen molar-refractivity contribution in [1.82, 2.24) is 15.0 Å². The van der Waals surface area contributed by atoms with Crippen LogP contribution in [0.1, 0.15) is 35.6 Å². The van der Waals surface area contributed by atoms with Gasteiger partial charge in [0.25, 0.3) is 5.91 Å². The molecule has 0 saturated heterocycles. The van der Waals surface area contributed by atoms with Gasteiger partial charge in [-0.3, -0.25) is 19.3 Å². The van der Waals surface area contributed by atoms with Crippen LogP contribution in [0.2, 0.25) is 0 Å². The number of allylic oxidation sites excluding steroid dienone is 2. The lowest BCUT2D eigenvalue weighted by molar-refractivity contribution is -0.137. The minimum absolute atomic E-state index is 0.0438. The first-order valence-corrected chi connectivity index (χ1v) is 10.3. The minimum atomic E-state index is -1.53. The molecule has 0 fully saturated rings. The number of dihydropyridines is 1. The summed E-state index contributed by atoms with van der Waals surface area (Å²) >= 11 is 0. The minimum Gasteiger partial charge on any atom is -0.367 e. The molecule has 0 saturated carbocycles. The van der Waals surface area contributed by atoms with Gasteiger partial charge in [-0.15, -0.1) is 4.91 Å². The van der Waals surface area contributed by atoms with E-state index >= 15 is 0 Å². The number of Topliss-reactive ketones (excluding diaryl/α,β-unsaturated/α-hetero) is 1. The number of carbonyl (C=O) groups is 2. The van der Waals surface area contributed by atoms with E-state index in [1.807, 2.05) is 30.3 Å². The number of fused-ring (bicyclic) bond motifs is 1. The summed E-state index contributed by atoms with van der Waals surface area (Å²) in [6.07, 6.45) is 4.28. The molecule has 0 bridgehead atoms. The van der Waals surface area contributed by atoms with Crippen LogP contribution in [0.4, 0.5) is 11.4 Å². The maximum atomic E-state index is 12.8. The summed E-state index contributed by atoms with van der Waals surface area (Å²) in [6.45, 7) is 2.91. The van der Waals surface area contributed by atoms with Crippen molar-refractivity contribution in [1.29, 1.82) is 0 Å². The van der Waals surface area contributed by atoms with Gasteiger partial charge in [-0.1, -0.05) is 23.4 Å². The number of nitrogens with two attached hydrogens (primary N) is 2. The Morgan fingerprint density at radius 3 is 2.73 bits per heavy atom. The standard InChI is InChI=1S/C22H25N7O4/c1-22(2,27-32)21(31)29(24)17-10-13(8-9-25-17)20-19(26-14-6-4-3-5-7-14)18-15(28(20)23)11-33-12-16(18)30/h3-10,17,25-26H,11-12,23-24H2,1-2H3. The van der Waals surface area contributed by atoms with E-state index in [1.54, 1.807) is 18.4 Å². The molecule has 6 N–H and O–H groups in total. The molecule has 2 aliphatic heterocycles. The number of nitrogen functional groups attached to an aromatic ring is 1.